The monoisotopic (exact) mass is 379 g/mol. The van der Waals surface area contributed by atoms with E-state index in [0.717, 1.165) is 36.9 Å². The molecule has 2 fully saturated rings. The van der Waals surface area contributed by atoms with Crippen molar-refractivity contribution in [2.24, 2.45) is 5.92 Å². The molecule has 2 aliphatic rings. The molecule has 0 spiro atoms. The summed E-state index contributed by atoms with van der Waals surface area (Å²) in [4.78, 5) is 31.5. The van der Waals surface area contributed by atoms with Crippen molar-refractivity contribution in [2.75, 3.05) is 13.1 Å². The minimum absolute atomic E-state index is 0.0909. The van der Waals surface area contributed by atoms with Gasteiger partial charge in [-0.05, 0) is 43.7 Å². The van der Waals surface area contributed by atoms with Crippen LogP contribution in [0.3, 0.4) is 0 Å². The summed E-state index contributed by atoms with van der Waals surface area (Å²) in [6.07, 6.45) is 4.82. The summed E-state index contributed by atoms with van der Waals surface area (Å²) in [5, 5.41) is 4.81. The van der Waals surface area contributed by atoms with Crippen molar-refractivity contribution in [3.8, 4) is 0 Å². The number of hydrogen-bond acceptors (Lipinski definition) is 6. The van der Waals surface area contributed by atoms with Crippen LogP contribution in [0, 0.1) is 5.92 Å². The van der Waals surface area contributed by atoms with Crippen molar-refractivity contribution in [3.63, 3.8) is 0 Å². The van der Waals surface area contributed by atoms with Crippen LogP contribution in [0.4, 0.5) is 0 Å². The van der Waals surface area contributed by atoms with Crippen molar-refractivity contribution in [3.05, 3.63) is 58.0 Å². The van der Waals surface area contributed by atoms with Crippen molar-refractivity contribution in [1.29, 1.82) is 0 Å². The number of likely N-dealkylation sites (tertiary alicyclic amines) is 1. The van der Waals surface area contributed by atoms with E-state index in [4.69, 9.17) is 8.94 Å². The summed E-state index contributed by atoms with van der Waals surface area (Å²) in [7, 11) is 0. The predicted octanol–water partition coefficient (Wildman–Crippen LogP) is 3.15. The van der Waals surface area contributed by atoms with Crippen molar-refractivity contribution >= 4 is 16.9 Å². The van der Waals surface area contributed by atoms with E-state index in [1.807, 2.05) is 12.1 Å². The summed E-state index contributed by atoms with van der Waals surface area (Å²) < 4.78 is 10.7. The largest absolute Gasteiger partial charge is 0.422 e. The van der Waals surface area contributed by atoms with Gasteiger partial charge < -0.3 is 13.8 Å². The molecule has 1 atom stereocenters. The first-order valence-corrected chi connectivity index (χ1v) is 9.82. The Balaban J connectivity index is 1.32. The molecule has 1 unspecified atom stereocenters. The maximum atomic E-state index is 13.0. The highest BCUT2D eigenvalue weighted by atomic mass is 16.5. The van der Waals surface area contributed by atoms with Crippen LogP contribution in [0.1, 0.15) is 53.7 Å². The summed E-state index contributed by atoms with van der Waals surface area (Å²) in [6, 6.07) is 8.85. The second-order valence-electron chi connectivity index (χ2n) is 7.77. The van der Waals surface area contributed by atoms with Crippen LogP contribution in [0.25, 0.3) is 11.0 Å². The topological polar surface area (TPSA) is 89.4 Å². The van der Waals surface area contributed by atoms with Crippen LogP contribution in [0.5, 0.6) is 0 Å². The smallest absolute Gasteiger partial charge is 0.349 e. The highest BCUT2D eigenvalue weighted by Crippen LogP contribution is 2.38. The third-order valence-electron chi connectivity index (χ3n) is 5.57. The van der Waals surface area contributed by atoms with Crippen LogP contribution < -0.4 is 5.63 Å². The first-order valence-electron chi connectivity index (χ1n) is 9.82. The van der Waals surface area contributed by atoms with Crippen LogP contribution in [-0.2, 0) is 6.42 Å². The average Bonchev–Trinajstić information content (AvgIpc) is 3.46. The Labute approximate surface area is 161 Å². The number of hydrogen-bond donors (Lipinski definition) is 0. The molecule has 0 N–H and O–H groups in total. The summed E-state index contributed by atoms with van der Waals surface area (Å²) in [5.41, 5.74) is -0.00612. The standard InChI is InChI=1S/C21H21N3O4/c25-20(16-11-15-5-1-2-6-17(15)27-21(16)26)24-9-3-4-13(12-24)10-18-22-19(23-28-18)14-7-8-14/h1-2,5-6,11,13-14H,3-4,7-10,12H2. The maximum Gasteiger partial charge on any atom is 0.349 e. The molecule has 1 amide bonds. The lowest BCUT2D eigenvalue weighted by Crippen LogP contribution is -2.42. The molecule has 5 rings (SSSR count). The van der Waals surface area contributed by atoms with Gasteiger partial charge in [0, 0.05) is 30.8 Å². The van der Waals surface area contributed by atoms with Gasteiger partial charge >= 0.3 is 5.63 Å². The number of fused-ring (bicyclic) bond motifs is 1. The van der Waals surface area contributed by atoms with Crippen LogP contribution >= 0.6 is 0 Å². The van der Waals surface area contributed by atoms with Gasteiger partial charge in [0.2, 0.25) is 5.89 Å². The molecule has 1 aliphatic heterocycles. The number of carbonyl (C=O) groups is 1. The number of amides is 1. The number of rotatable bonds is 4. The highest BCUT2D eigenvalue weighted by Gasteiger charge is 2.31. The molecule has 0 bridgehead atoms. The molecular weight excluding hydrogens is 358 g/mol. The van der Waals surface area contributed by atoms with Gasteiger partial charge in [-0.1, -0.05) is 23.4 Å². The first kappa shape index (κ1) is 17.2. The van der Waals surface area contributed by atoms with Crippen LogP contribution in [-0.4, -0.2) is 34.0 Å². The van der Waals surface area contributed by atoms with Gasteiger partial charge in [-0.25, -0.2) is 4.79 Å². The third kappa shape index (κ3) is 3.32. The zero-order valence-corrected chi connectivity index (χ0v) is 15.5. The fraction of sp³-hybridized carbons (Fsp3) is 0.429. The second-order valence-corrected chi connectivity index (χ2v) is 7.77. The predicted molar refractivity (Wildman–Crippen MR) is 101 cm³/mol. The molecule has 0 radical (unpaired) electrons. The van der Waals surface area contributed by atoms with E-state index in [1.165, 1.54) is 0 Å². The number of carbonyl (C=O) groups excluding carboxylic acids is 1. The maximum absolute atomic E-state index is 13.0. The number of benzene rings is 1. The minimum atomic E-state index is -0.586. The van der Waals surface area contributed by atoms with Gasteiger partial charge in [0.1, 0.15) is 11.1 Å². The summed E-state index contributed by atoms with van der Waals surface area (Å²) >= 11 is 0. The van der Waals surface area contributed by atoms with E-state index in [1.54, 1.807) is 23.1 Å². The van der Waals surface area contributed by atoms with E-state index in [9.17, 15) is 9.59 Å². The molecule has 3 heterocycles. The zero-order valence-electron chi connectivity index (χ0n) is 15.5. The second kappa shape index (κ2) is 6.89. The molecule has 3 aromatic rings. The normalized spacial score (nSPS) is 19.9. The molecule has 2 aromatic heterocycles. The van der Waals surface area contributed by atoms with Gasteiger partial charge in [-0.15, -0.1) is 0 Å². The third-order valence-corrected chi connectivity index (χ3v) is 5.57. The quantitative estimate of drug-likeness (QED) is 0.647. The molecular formula is C21H21N3O4. The Morgan fingerprint density at radius 1 is 1.21 bits per heavy atom. The average molecular weight is 379 g/mol. The van der Waals surface area contributed by atoms with Crippen LogP contribution in [0.2, 0.25) is 0 Å². The van der Waals surface area contributed by atoms with Gasteiger partial charge in [0.15, 0.2) is 5.82 Å². The molecule has 1 aliphatic carbocycles. The molecule has 7 heteroatoms. The lowest BCUT2D eigenvalue weighted by atomic mass is 9.94. The van der Waals surface area contributed by atoms with E-state index < -0.39 is 5.63 Å². The summed E-state index contributed by atoms with van der Waals surface area (Å²) in [5.74, 6) is 1.90. The Hall–Kier alpha value is -2.96. The van der Waals surface area contributed by atoms with Gasteiger partial charge in [0.05, 0.1) is 0 Å². The lowest BCUT2D eigenvalue weighted by Gasteiger charge is -2.32. The minimum Gasteiger partial charge on any atom is -0.422 e. The molecule has 1 saturated carbocycles. The Kier molecular flexibility index (Phi) is 4.22. The summed E-state index contributed by atoms with van der Waals surface area (Å²) in [6.45, 7) is 1.21. The van der Waals surface area contributed by atoms with Crippen molar-refractivity contribution in [1.82, 2.24) is 15.0 Å². The van der Waals surface area contributed by atoms with E-state index in [0.29, 0.717) is 36.9 Å². The van der Waals surface area contributed by atoms with E-state index in [2.05, 4.69) is 10.1 Å². The number of aromatic nitrogens is 2. The SMILES string of the molecule is O=C(c1cc2ccccc2oc1=O)N1CCCC(Cc2nc(C3CC3)no2)C1. The van der Waals surface area contributed by atoms with Gasteiger partial charge in [-0.3, -0.25) is 4.79 Å². The molecule has 144 valence electrons. The zero-order chi connectivity index (χ0) is 19.1. The van der Waals surface area contributed by atoms with Gasteiger partial charge in [-0.2, -0.15) is 4.98 Å². The van der Waals surface area contributed by atoms with Crippen molar-refractivity contribution in [2.45, 2.75) is 38.0 Å². The van der Waals surface area contributed by atoms with E-state index >= 15 is 0 Å². The molecule has 28 heavy (non-hydrogen) atoms. The van der Waals surface area contributed by atoms with Gasteiger partial charge in [0.25, 0.3) is 5.91 Å². The Morgan fingerprint density at radius 3 is 2.93 bits per heavy atom. The molecule has 1 aromatic carbocycles. The first-order chi connectivity index (χ1) is 13.7. The Morgan fingerprint density at radius 2 is 2.07 bits per heavy atom. The lowest BCUT2D eigenvalue weighted by molar-refractivity contribution is 0.0664. The number of piperidine rings is 1. The Bertz CT molecular complexity index is 1080. The fourth-order valence-electron chi connectivity index (χ4n) is 3.90. The molecule has 7 nitrogen and oxygen atoms in total. The molecule has 1 saturated heterocycles. The van der Waals surface area contributed by atoms with E-state index in [-0.39, 0.29) is 17.4 Å². The highest BCUT2D eigenvalue weighted by molar-refractivity contribution is 5.96. The number of para-hydroxylation sites is 1. The van der Waals surface area contributed by atoms with Crippen LogP contribution in [0.15, 0.2) is 44.1 Å². The van der Waals surface area contributed by atoms with Crippen molar-refractivity contribution < 1.29 is 13.7 Å². The number of nitrogens with zero attached hydrogens (tertiary/aromatic N) is 3. The fourth-order valence-corrected chi connectivity index (χ4v) is 3.90.